The number of carbonyl (C=O) groups excluding carboxylic acids is 1. The number of anilines is 1. The molecule has 0 aliphatic heterocycles. The number of rotatable bonds is 4. The maximum Gasteiger partial charge on any atom is 0.242 e. The van der Waals surface area contributed by atoms with Crippen LogP contribution in [0.15, 0.2) is 30.3 Å². The second kappa shape index (κ2) is 6.15. The van der Waals surface area contributed by atoms with Gasteiger partial charge in [-0.15, -0.1) is 11.3 Å². The smallest absolute Gasteiger partial charge is 0.242 e. The van der Waals surface area contributed by atoms with Crippen LogP contribution in [-0.2, 0) is 4.79 Å². The summed E-state index contributed by atoms with van der Waals surface area (Å²) in [5.74, 6) is 0.136. The Kier molecular flexibility index (Phi) is 4.52. The van der Waals surface area contributed by atoms with Gasteiger partial charge in [-0.3, -0.25) is 4.79 Å². The second-order valence-corrected chi connectivity index (χ2v) is 6.06. The van der Waals surface area contributed by atoms with E-state index in [-0.39, 0.29) is 5.91 Å². The molecule has 0 bridgehead atoms. The minimum absolute atomic E-state index is 0.214. The normalized spacial score (nSPS) is 12.4. The van der Waals surface area contributed by atoms with Gasteiger partial charge in [0.05, 0.1) is 11.7 Å². The molecule has 0 spiro atoms. The molecule has 1 atom stereocenters. The first kappa shape index (κ1) is 14.7. The standard InChI is InChI=1S/C15H19N3OS/c1-9(2)13-12(11-7-5-4-6-8-11)17-15(20-13)18-14(19)10(3)16/h4-10H,16H2,1-3H3,(H,17,18,19)/t10-/m1/s1. The summed E-state index contributed by atoms with van der Waals surface area (Å²) in [5.41, 5.74) is 7.56. The average Bonchev–Trinajstić information content (AvgIpc) is 2.83. The summed E-state index contributed by atoms with van der Waals surface area (Å²) < 4.78 is 0. The Balaban J connectivity index is 2.37. The first-order valence-electron chi connectivity index (χ1n) is 6.61. The lowest BCUT2D eigenvalue weighted by Gasteiger charge is -2.04. The maximum absolute atomic E-state index is 11.7. The Morgan fingerprint density at radius 3 is 2.45 bits per heavy atom. The lowest BCUT2D eigenvalue weighted by atomic mass is 10.1. The van der Waals surface area contributed by atoms with Crippen LogP contribution in [0.2, 0.25) is 0 Å². The Bertz CT molecular complexity index is 590. The number of aromatic nitrogens is 1. The van der Waals surface area contributed by atoms with Gasteiger partial charge in [0, 0.05) is 10.4 Å². The van der Waals surface area contributed by atoms with E-state index >= 15 is 0 Å². The van der Waals surface area contributed by atoms with Crippen LogP contribution in [0.3, 0.4) is 0 Å². The third-order valence-electron chi connectivity index (χ3n) is 2.87. The zero-order valence-corrected chi connectivity index (χ0v) is 12.7. The van der Waals surface area contributed by atoms with Crippen LogP contribution in [0.4, 0.5) is 5.13 Å². The molecule has 0 saturated heterocycles. The SMILES string of the molecule is CC(C)c1sc(NC(=O)[C@@H](C)N)nc1-c1ccccc1. The highest BCUT2D eigenvalue weighted by atomic mass is 32.1. The molecule has 4 nitrogen and oxygen atoms in total. The largest absolute Gasteiger partial charge is 0.320 e. The minimum atomic E-state index is -0.540. The molecule has 106 valence electrons. The zero-order chi connectivity index (χ0) is 14.7. The molecule has 0 aliphatic carbocycles. The fourth-order valence-electron chi connectivity index (χ4n) is 1.80. The highest BCUT2D eigenvalue weighted by Gasteiger charge is 2.17. The van der Waals surface area contributed by atoms with E-state index in [2.05, 4.69) is 24.1 Å². The molecule has 2 rings (SSSR count). The van der Waals surface area contributed by atoms with Gasteiger partial charge in [0.25, 0.3) is 0 Å². The van der Waals surface area contributed by atoms with Crippen molar-refractivity contribution in [2.75, 3.05) is 5.32 Å². The van der Waals surface area contributed by atoms with Crippen LogP contribution >= 0.6 is 11.3 Å². The fourth-order valence-corrected chi connectivity index (χ4v) is 2.79. The first-order valence-corrected chi connectivity index (χ1v) is 7.43. The summed E-state index contributed by atoms with van der Waals surface area (Å²) in [7, 11) is 0. The number of benzene rings is 1. The topological polar surface area (TPSA) is 68.0 Å². The molecule has 0 radical (unpaired) electrons. The van der Waals surface area contributed by atoms with Crippen LogP contribution in [0.25, 0.3) is 11.3 Å². The summed E-state index contributed by atoms with van der Waals surface area (Å²) in [6.07, 6.45) is 0. The molecule has 20 heavy (non-hydrogen) atoms. The predicted molar refractivity (Wildman–Crippen MR) is 83.9 cm³/mol. The van der Waals surface area contributed by atoms with Gasteiger partial charge in [-0.05, 0) is 12.8 Å². The molecule has 0 fully saturated rings. The molecular formula is C15H19N3OS. The number of hydrogen-bond acceptors (Lipinski definition) is 4. The molecule has 0 unspecified atom stereocenters. The van der Waals surface area contributed by atoms with Gasteiger partial charge < -0.3 is 11.1 Å². The van der Waals surface area contributed by atoms with Crippen LogP contribution in [-0.4, -0.2) is 16.9 Å². The quantitative estimate of drug-likeness (QED) is 0.908. The van der Waals surface area contributed by atoms with Crippen molar-refractivity contribution < 1.29 is 4.79 Å². The summed E-state index contributed by atoms with van der Waals surface area (Å²) in [6.45, 7) is 5.90. The second-order valence-electron chi connectivity index (χ2n) is 5.03. The average molecular weight is 289 g/mol. The fraction of sp³-hybridized carbons (Fsp3) is 0.333. The van der Waals surface area contributed by atoms with Crippen molar-refractivity contribution in [2.24, 2.45) is 5.73 Å². The van der Waals surface area contributed by atoms with Crippen LogP contribution in [0.5, 0.6) is 0 Å². The summed E-state index contributed by atoms with van der Waals surface area (Å²) in [6, 6.07) is 9.46. The van der Waals surface area contributed by atoms with Crippen LogP contribution in [0.1, 0.15) is 31.6 Å². The summed E-state index contributed by atoms with van der Waals surface area (Å²) in [4.78, 5) is 17.4. The van der Waals surface area contributed by atoms with Crippen LogP contribution in [0, 0.1) is 0 Å². The summed E-state index contributed by atoms with van der Waals surface area (Å²) in [5, 5.41) is 3.38. The van der Waals surface area contributed by atoms with Crippen molar-refractivity contribution in [3.63, 3.8) is 0 Å². The Morgan fingerprint density at radius 2 is 1.90 bits per heavy atom. The third-order valence-corrected chi connectivity index (χ3v) is 4.14. The number of amides is 1. The van der Waals surface area contributed by atoms with E-state index in [0.29, 0.717) is 11.0 Å². The highest BCUT2D eigenvalue weighted by molar-refractivity contribution is 7.16. The molecular weight excluding hydrogens is 270 g/mol. The highest BCUT2D eigenvalue weighted by Crippen LogP contribution is 2.36. The maximum atomic E-state index is 11.7. The van der Waals surface area contributed by atoms with Crippen molar-refractivity contribution in [2.45, 2.75) is 32.7 Å². The van der Waals surface area contributed by atoms with E-state index < -0.39 is 6.04 Å². The lowest BCUT2D eigenvalue weighted by molar-refractivity contribution is -0.117. The number of carbonyl (C=O) groups is 1. The van der Waals surface area contributed by atoms with E-state index in [1.807, 2.05) is 30.3 Å². The van der Waals surface area contributed by atoms with Gasteiger partial charge in [-0.25, -0.2) is 4.98 Å². The molecule has 3 N–H and O–H groups in total. The van der Waals surface area contributed by atoms with Gasteiger partial charge in [0.2, 0.25) is 5.91 Å². The van der Waals surface area contributed by atoms with Crippen molar-refractivity contribution in [3.8, 4) is 11.3 Å². The number of thiazole rings is 1. The van der Waals surface area contributed by atoms with E-state index in [1.54, 1.807) is 6.92 Å². The van der Waals surface area contributed by atoms with Gasteiger partial charge in [-0.2, -0.15) is 0 Å². The molecule has 1 amide bonds. The van der Waals surface area contributed by atoms with Gasteiger partial charge in [0.1, 0.15) is 0 Å². The van der Waals surface area contributed by atoms with Gasteiger partial charge in [-0.1, -0.05) is 44.2 Å². The number of nitrogens with two attached hydrogens (primary N) is 1. The van der Waals surface area contributed by atoms with E-state index in [9.17, 15) is 4.79 Å². The molecule has 2 aromatic rings. The van der Waals surface area contributed by atoms with Crippen molar-refractivity contribution in [1.82, 2.24) is 4.98 Å². The summed E-state index contributed by atoms with van der Waals surface area (Å²) >= 11 is 1.51. The van der Waals surface area contributed by atoms with Crippen LogP contribution < -0.4 is 11.1 Å². The van der Waals surface area contributed by atoms with Gasteiger partial charge >= 0.3 is 0 Å². The Morgan fingerprint density at radius 1 is 1.25 bits per heavy atom. The minimum Gasteiger partial charge on any atom is -0.320 e. The van der Waals surface area contributed by atoms with Gasteiger partial charge in [0.15, 0.2) is 5.13 Å². The predicted octanol–water partition coefficient (Wildman–Crippen LogP) is 3.22. The van der Waals surface area contributed by atoms with Crippen molar-refractivity contribution in [1.29, 1.82) is 0 Å². The molecule has 0 aliphatic rings. The van der Waals surface area contributed by atoms with Crippen molar-refractivity contribution >= 4 is 22.4 Å². The monoisotopic (exact) mass is 289 g/mol. The Hall–Kier alpha value is -1.72. The number of nitrogens with one attached hydrogen (secondary N) is 1. The number of hydrogen-bond donors (Lipinski definition) is 2. The molecule has 1 aromatic carbocycles. The Labute approximate surface area is 123 Å². The molecule has 0 saturated carbocycles. The van der Waals surface area contributed by atoms with E-state index in [1.165, 1.54) is 11.3 Å². The molecule has 1 heterocycles. The first-order chi connectivity index (χ1) is 9.49. The lowest BCUT2D eigenvalue weighted by Crippen LogP contribution is -2.32. The molecule has 5 heteroatoms. The zero-order valence-electron chi connectivity index (χ0n) is 11.9. The number of nitrogens with zero attached hydrogens (tertiary/aromatic N) is 1. The molecule has 1 aromatic heterocycles. The van der Waals surface area contributed by atoms with E-state index in [4.69, 9.17) is 5.73 Å². The van der Waals surface area contributed by atoms with Crippen molar-refractivity contribution in [3.05, 3.63) is 35.2 Å². The third kappa shape index (κ3) is 3.23. The van der Waals surface area contributed by atoms with E-state index in [0.717, 1.165) is 16.1 Å².